The van der Waals surface area contributed by atoms with Crippen molar-refractivity contribution in [1.82, 2.24) is 0 Å². The monoisotopic (exact) mass is 264 g/mol. The molecule has 0 amide bonds. The summed E-state index contributed by atoms with van der Waals surface area (Å²) in [6, 6.07) is 5.54. The lowest BCUT2D eigenvalue weighted by atomic mass is 10.3. The van der Waals surface area contributed by atoms with Gasteiger partial charge in [0.15, 0.2) is 11.5 Å². The van der Waals surface area contributed by atoms with Gasteiger partial charge in [0.1, 0.15) is 5.75 Å². The Morgan fingerprint density at radius 3 is 2.79 bits per heavy atom. The second-order valence-corrected chi connectivity index (χ2v) is 4.55. The van der Waals surface area contributed by atoms with Gasteiger partial charge in [-0.15, -0.1) is 0 Å². The molecular weight excluding hydrogens is 244 g/mol. The molecule has 104 valence electrons. The molecule has 0 aromatic heterocycles. The van der Waals surface area contributed by atoms with Crippen LogP contribution in [-0.2, 0) is 4.74 Å². The summed E-state index contributed by atoms with van der Waals surface area (Å²) in [7, 11) is 0. The average Bonchev–Trinajstić information content (AvgIpc) is 2.82. The van der Waals surface area contributed by atoms with E-state index in [2.05, 4.69) is 0 Å². The highest BCUT2D eigenvalue weighted by molar-refractivity contribution is 5.46. The highest BCUT2D eigenvalue weighted by Crippen LogP contribution is 2.35. The van der Waals surface area contributed by atoms with Gasteiger partial charge in [-0.1, -0.05) is 12.2 Å². The Balaban J connectivity index is 2.03. The molecule has 1 unspecified atom stereocenters. The Labute approximate surface area is 113 Å². The number of hydrogen-bond donors (Lipinski definition) is 0. The van der Waals surface area contributed by atoms with Crippen molar-refractivity contribution in [2.24, 2.45) is 0 Å². The topological polar surface area (TPSA) is 36.9 Å². The minimum Gasteiger partial charge on any atom is -0.464 e. The predicted molar refractivity (Wildman–Crippen MR) is 72.6 cm³/mol. The Morgan fingerprint density at radius 2 is 2.05 bits per heavy atom. The highest BCUT2D eigenvalue weighted by Gasteiger charge is 2.16. The van der Waals surface area contributed by atoms with Crippen molar-refractivity contribution in [3.05, 3.63) is 30.4 Å². The van der Waals surface area contributed by atoms with Gasteiger partial charge in [0.25, 0.3) is 0 Å². The van der Waals surface area contributed by atoms with Crippen LogP contribution in [0.4, 0.5) is 0 Å². The molecule has 19 heavy (non-hydrogen) atoms. The number of ether oxygens (including phenoxy) is 4. The summed E-state index contributed by atoms with van der Waals surface area (Å²) in [5.74, 6) is 2.19. The Kier molecular flexibility index (Phi) is 4.68. The molecule has 1 aliphatic rings. The molecule has 0 bridgehead atoms. The van der Waals surface area contributed by atoms with Crippen molar-refractivity contribution in [3.8, 4) is 17.2 Å². The van der Waals surface area contributed by atoms with E-state index in [0.29, 0.717) is 12.2 Å². The minimum atomic E-state index is -0.295. The number of hydrogen-bond acceptors (Lipinski definition) is 4. The summed E-state index contributed by atoms with van der Waals surface area (Å²) >= 11 is 0. The molecule has 4 nitrogen and oxygen atoms in total. The van der Waals surface area contributed by atoms with Crippen molar-refractivity contribution in [3.63, 3.8) is 0 Å². The van der Waals surface area contributed by atoms with E-state index in [9.17, 15) is 0 Å². The van der Waals surface area contributed by atoms with E-state index < -0.39 is 0 Å². The van der Waals surface area contributed by atoms with Gasteiger partial charge >= 0.3 is 0 Å². The Bertz CT molecular complexity index is 440. The fraction of sp³-hybridized carbons (Fsp3) is 0.467. The molecule has 1 aromatic carbocycles. The van der Waals surface area contributed by atoms with Crippen LogP contribution in [0.25, 0.3) is 0 Å². The molecule has 0 saturated heterocycles. The van der Waals surface area contributed by atoms with Gasteiger partial charge < -0.3 is 18.9 Å². The molecule has 1 atom stereocenters. The smallest absolute Gasteiger partial charge is 0.231 e. The zero-order valence-electron chi connectivity index (χ0n) is 11.6. The molecule has 0 fully saturated rings. The SMILES string of the molecule is CC=CCC(Oc1ccc2c(c1)OCO2)OC(C)C. The predicted octanol–water partition coefficient (Wildman–Crippen LogP) is 3.51. The molecule has 0 aliphatic carbocycles. The number of rotatable bonds is 6. The maximum Gasteiger partial charge on any atom is 0.231 e. The third-order valence-corrected chi connectivity index (χ3v) is 2.60. The molecule has 0 N–H and O–H groups in total. The highest BCUT2D eigenvalue weighted by atomic mass is 16.7. The lowest BCUT2D eigenvalue weighted by molar-refractivity contribution is -0.105. The van der Waals surface area contributed by atoms with Crippen LogP contribution < -0.4 is 14.2 Å². The second kappa shape index (κ2) is 6.48. The van der Waals surface area contributed by atoms with Crippen molar-refractivity contribution in [2.45, 2.75) is 39.6 Å². The lowest BCUT2D eigenvalue weighted by Gasteiger charge is -2.20. The van der Waals surface area contributed by atoms with Crippen LogP contribution in [0, 0.1) is 0 Å². The second-order valence-electron chi connectivity index (χ2n) is 4.55. The van der Waals surface area contributed by atoms with Crippen LogP contribution in [0.1, 0.15) is 27.2 Å². The van der Waals surface area contributed by atoms with Gasteiger partial charge in [0, 0.05) is 12.5 Å². The summed E-state index contributed by atoms with van der Waals surface area (Å²) in [6.07, 6.45) is 4.55. The first-order chi connectivity index (χ1) is 9.19. The van der Waals surface area contributed by atoms with Gasteiger partial charge in [0.05, 0.1) is 6.10 Å². The summed E-state index contributed by atoms with van der Waals surface area (Å²) in [5, 5.41) is 0. The first-order valence-electron chi connectivity index (χ1n) is 6.52. The fourth-order valence-electron chi connectivity index (χ4n) is 1.78. The van der Waals surface area contributed by atoms with Crippen molar-refractivity contribution < 1.29 is 18.9 Å². The zero-order valence-corrected chi connectivity index (χ0v) is 11.6. The summed E-state index contributed by atoms with van der Waals surface area (Å²) in [4.78, 5) is 0. The number of benzene rings is 1. The van der Waals surface area contributed by atoms with Gasteiger partial charge in [-0.25, -0.2) is 0 Å². The van der Waals surface area contributed by atoms with E-state index in [1.165, 1.54) is 0 Å². The van der Waals surface area contributed by atoms with E-state index in [-0.39, 0.29) is 19.2 Å². The van der Waals surface area contributed by atoms with Crippen LogP contribution in [0.15, 0.2) is 30.4 Å². The molecule has 0 saturated carbocycles. The minimum absolute atomic E-state index is 0.115. The van der Waals surface area contributed by atoms with Crippen LogP contribution >= 0.6 is 0 Å². The standard InChI is InChI=1S/C15H20O4/c1-4-5-6-15(18-11(2)3)19-12-7-8-13-14(9-12)17-10-16-13/h4-5,7-9,11,15H,6,10H2,1-3H3. The average molecular weight is 264 g/mol. The van der Waals surface area contributed by atoms with Gasteiger partial charge in [0.2, 0.25) is 13.1 Å². The Hall–Kier alpha value is -1.68. The van der Waals surface area contributed by atoms with Crippen molar-refractivity contribution >= 4 is 0 Å². The third kappa shape index (κ3) is 3.89. The number of fused-ring (bicyclic) bond motifs is 1. The summed E-state index contributed by atoms with van der Waals surface area (Å²) in [5.41, 5.74) is 0. The molecular formula is C15H20O4. The molecule has 2 rings (SSSR count). The van der Waals surface area contributed by atoms with Crippen LogP contribution in [0.5, 0.6) is 17.2 Å². The van der Waals surface area contributed by atoms with Gasteiger partial charge in [-0.2, -0.15) is 0 Å². The molecule has 1 heterocycles. The fourth-order valence-corrected chi connectivity index (χ4v) is 1.78. The van der Waals surface area contributed by atoms with E-state index in [1.807, 2.05) is 51.1 Å². The van der Waals surface area contributed by atoms with Crippen molar-refractivity contribution in [2.75, 3.05) is 6.79 Å². The van der Waals surface area contributed by atoms with Gasteiger partial charge in [-0.3, -0.25) is 0 Å². The normalized spacial score (nSPS) is 15.2. The van der Waals surface area contributed by atoms with E-state index in [1.54, 1.807) is 0 Å². The molecule has 4 heteroatoms. The van der Waals surface area contributed by atoms with Crippen LogP contribution in [-0.4, -0.2) is 19.2 Å². The zero-order chi connectivity index (χ0) is 13.7. The summed E-state index contributed by atoms with van der Waals surface area (Å²) in [6.45, 7) is 6.23. The largest absolute Gasteiger partial charge is 0.464 e. The lowest BCUT2D eigenvalue weighted by Crippen LogP contribution is -2.23. The van der Waals surface area contributed by atoms with Crippen molar-refractivity contribution in [1.29, 1.82) is 0 Å². The third-order valence-electron chi connectivity index (χ3n) is 2.60. The molecule has 0 radical (unpaired) electrons. The first-order valence-corrected chi connectivity index (χ1v) is 6.52. The maximum absolute atomic E-state index is 5.84. The maximum atomic E-state index is 5.84. The summed E-state index contributed by atoms with van der Waals surface area (Å²) < 4.78 is 22.2. The van der Waals surface area contributed by atoms with Crippen LogP contribution in [0.2, 0.25) is 0 Å². The number of allylic oxidation sites excluding steroid dienone is 1. The Morgan fingerprint density at radius 1 is 1.26 bits per heavy atom. The van der Waals surface area contributed by atoms with Crippen LogP contribution in [0.3, 0.4) is 0 Å². The van der Waals surface area contributed by atoms with Gasteiger partial charge in [-0.05, 0) is 32.9 Å². The van der Waals surface area contributed by atoms with E-state index in [0.717, 1.165) is 11.5 Å². The van der Waals surface area contributed by atoms with E-state index >= 15 is 0 Å². The first kappa shape index (κ1) is 13.7. The molecule has 1 aliphatic heterocycles. The van der Waals surface area contributed by atoms with E-state index in [4.69, 9.17) is 18.9 Å². The molecule has 0 spiro atoms. The quantitative estimate of drug-likeness (QED) is 0.582. The molecule has 1 aromatic rings.